The fourth-order valence-electron chi connectivity index (χ4n) is 4.36. The molecule has 0 bridgehead atoms. The standard InChI is InChI=1S/C26H21ClF3N3O3S2/c1-36-16-9-7-15(8-10-16)33-24(35)22-17-4-2-3-5-20(17)38-23(22)32-25(33)37-13-21(34)31-19-12-14(26(28,29)30)6-11-18(19)27/h6-12H,2-5,13H2,1H3,(H,31,34). The SMILES string of the molecule is COc1ccc(-n2c(SCC(=O)Nc3cc(C(F)(F)F)ccc3Cl)nc3sc4c(c3c2=O)CCCC4)cc1. The number of nitrogens with zero attached hydrogens (tertiary/aromatic N) is 2. The smallest absolute Gasteiger partial charge is 0.416 e. The average molecular weight is 580 g/mol. The number of carbonyl (C=O) groups excluding carboxylic acids is 1. The number of ether oxygens (including phenoxy) is 1. The van der Waals surface area contributed by atoms with Crippen LogP contribution in [0.15, 0.2) is 52.4 Å². The first-order valence-corrected chi connectivity index (χ1v) is 13.8. The largest absolute Gasteiger partial charge is 0.497 e. The Bertz CT molecular complexity index is 1580. The van der Waals surface area contributed by atoms with Crippen LogP contribution in [-0.4, -0.2) is 28.3 Å². The molecule has 0 unspecified atom stereocenters. The Hall–Kier alpha value is -3.02. The second-order valence-electron chi connectivity index (χ2n) is 8.65. The summed E-state index contributed by atoms with van der Waals surface area (Å²) in [5.41, 5.74) is 0.318. The van der Waals surface area contributed by atoms with Crippen molar-refractivity contribution in [2.24, 2.45) is 0 Å². The van der Waals surface area contributed by atoms with Crippen molar-refractivity contribution in [3.63, 3.8) is 0 Å². The number of thioether (sulfide) groups is 1. The molecule has 198 valence electrons. The Balaban J connectivity index is 1.48. The Morgan fingerprint density at radius 1 is 1.18 bits per heavy atom. The van der Waals surface area contributed by atoms with Crippen molar-refractivity contribution >= 4 is 56.5 Å². The van der Waals surface area contributed by atoms with E-state index in [1.54, 1.807) is 31.4 Å². The van der Waals surface area contributed by atoms with Crippen LogP contribution < -0.4 is 15.6 Å². The van der Waals surface area contributed by atoms with Gasteiger partial charge in [0.05, 0.1) is 40.2 Å². The number of anilines is 1. The molecule has 6 nitrogen and oxygen atoms in total. The molecule has 0 spiro atoms. The lowest BCUT2D eigenvalue weighted by molar-refractivity contribution is -0.137. The Labute approximate surface area is 228 Å². The summed E-state index contributed by atoms with van der Waals surface area (Å²) in [6.45, 7) is 0. The van der Waals surface area contributed by atoms with Crippen molar-refractivity contribution in [2.75, 3.05) is 18.2 Å². The predicted octanol–water partition coefficient (Wildman–Crippen LogP) is 6.74. The fraction of sp³-hybridized carbons (Fsp3) is 0.269. The maximum atomic E-state index is 13.8. The minimum atomic E-state index is -4.58. The van der Waals surface area contributed by atoms with E-state index in [1.807, 2.05) is 0 Å². The number of hydrogen-bond acceptors (Lipinski definition) is 6. The van der Waals surface area contributed by atoms with Crippen LogP contribution in [-0.2, 0) is 23.8 Å². The van der Waals surface area contributed by atoms with Gasteiger partial charge in [0.1, 0.15) is 10.6 Å². The molecule has 0 fully saturated rings. The molecule has 1 amide bonds. The normalized spacial score (nSPS) is 13.4. The number of aryl methyl sites for hydroxylation is 2. The first-order chi connectivity index (χ1) is 18.2. The van der Waals surface area contributed by atoms with E-state index in [0.717, 1.165) is 66.1 Å². The highest BCUT2D eigenvalue weighted by atomic mass is 35.5. The number of hydrogen-bond donors (Lipinski definition) is 1. The van der Waals surface area contributed by atoms with Gasteiger partial charge in [-0.05, 0) is 73.7 Å². The molecule has 0 radical (unpaired) electrons. The van der Waals surface area contributed by atoms with Gasteiger partial charge >= 0.3 is 6.18 Å². The molecule has 0 aliphatic heterocycles. The van der Waals surface area contributed by atoms with Crippen molar-refractivity contribution in [1.82, 2.24) is 9.55 Å². The summed E-state index contributed by atoms with van der Waals surface area (Å²) in [6, 6.07) is 9.65. The number of amides is 1. The number of rotatable bonds is 6. The molecule has 1 aliphatic rings. The minimum absolute atomic E-state index is 0.0183. The third kappa shape index (κ3) is 5.27. The van der Waals surface area contributed by atoms with Crippen LogP contribution >= 0.6 is 34.7 Å². The van der Waals surface area contributed by atoms with Gasteiger partial charge in [-0.3, -0.25) is 14.2 Å². The highest BCUT2D eigenvalue weighted by molar-refractivity contribution is 7.99. The second kappa shape index (κ2) is 10.6. The zero-order chi connectivity index (χ0) is 27.0. The van der Waals surface area contributed by atoms with Crippen molar-refractivity contribution in [1.29, 1.82) is 0 Å². The highest BCUT2D eigenvalue weighted by Crippen LogP contribution is 2.36. The molecule has 38 heavy (non-hydrogen) atoms. The van der Waals surface area contributed by atoms with Gasteiger partial charge in [0.15, 0.2) is 5.16 Å². The quantitative estimate of drug-likeness (QED) is 0.202. The molecule has 2 heterocycles. The van der Waals surface area contributed by atoms with Crippen molar-refractivity contribution in [2.45, 2.75) is 37.0 Å². The lowest BCUT2D eigenvalue weighted by Gasteiger charge is -2.14. The number of fused-ring (bicyclic) bond motifs is 3. The molecule has 12 heteroatoms. The van der Waals surface area contributed by atoms with Crippen molar-refractivity contribution < 1.29 is 22.7 Å². The maximum absolute atomic E-state index is 13.8. The number of benzene rings is 2. The topological polar surface area (TPSA) is 73.2 Å². The van der Waals surface area contributed by atoms with Gasteiger partial charge in [-0.2, -0.15) is 13.2 Å². The van der Waals surface area contributed by atoms with E-state index in [-0.39, 0.29) is 22.0 Å². The van der Waals surface area contributed by atoms with E-state index in [9.17, 15) is 22.8 Å². The fourth-order valence-corrected chi connectivity index (χ4v) is 6.64. The Morgan fingerprint density at radius 3 is 2.63 bits per heavy atom. The molecule has 2 aromatic carbocycles. The molecule has 2 aromatic heterocycles. The van der Waals surface area contributed by atoms with Gasteiger partial charge in [-0.1, -0.05) is 23.4 Å². The van der Waals surface area contributed by atoms with E-state index < -0.39 is 17.6 Å². The van der Waals surface area contributed by atoms with Crippen LogP contribution in [0.25, 0.3) is 15.9 Å². The van der Waals surface area contributed by atoms with Crippen LogP contribution in [0.1, 0.15) is 28.8 Å². The summed E-state index contributed by atoms with van der Waals surface area (Å²) in [4.78, 5) is 33.1. The Kier molecular flexibility index (Phi) is 7.43. The molecule has 4 aromatic rings. The lowest BCUT2D eigenvalue weighted by atomic mass is 9.97. The number of alkyl halides is 3. The second-order valence-corrected chi connectivity index (χ2v) is 11.1. The van der Waals surface area contributed by atoms with Crippen LogP contribution in [0.2, 0.25) is 5.02 Å². The summed E-state index contributed by atoms with van der Waals surface area (Å²) in [6.07, 6.45) is -0.781. The van der Waals surface area contributed by atoms with Crippen LogP contribution in [0.3, 0.4) is 0 Å². The summed E-state index contributed by atoms with van der Waals surface area (Å²) in [7, 11) is 1.54. The molecule has 1 aliphatic carbocycles. The van der Waals surface area contributed by atoms with Gasteiger partial charge in [0.2, 0.25) is 5.91 Å². The third-order valence-corrected chi connectivity index (χ3v) is 8.64. The molecular formula is C26H21ClF3N3O3S2. The monoisotopic (exact) mass is 579 g/mol. The van der Waals surface area contributed by atoms with Gasteiger partial charge in [-0.25, -0.2) is 4.98 Å². The third-order valence-electron chi connectivity index (χ3n) is 6.19. The lowest BCUT2D eigenvalue weighted by Crippen LogP contribution is -2.23. The van der Waals surface area contributed by atoms with Gasteiger partial charge < -0.3 is 10.1 Å². The zero-order valence-electron chi connectivity index (χ0n) is 20.0. The van der Waals surface area contributed by atoms with Crippen molar-refractivity contribution in [3.8, 4) is 11.4 Å². The first kappa shape index (κ1) is 26.6. The molecule has 0 saturated carbocycles. The molecular weight excluding hydrogens is 559 g/mol. The average Bonchev–Trinajstić information content (AvgIpc) is 3.27. The van der Waals surface area contributed by atoms with Gasteiger partial charge in [0.25, 0.3) is 5.56 Å². The summed E-state index contributed by atoms with van der Waals surface area (Å²) in [5.74, 6) is -0.168. The number of carbonyl (C=O) groups is 1. The maximum Gasteiger partial charge on any atom is 0.416 e. The molecule has 0 saturated heterocycles. The summed E-state index contributed by atoms with van der Waals surface area (Å²) < 4.78 is 46.0. The van der Waals surface area contributed by atoms with Crippen molar-refractivity contribution in [3.05, 3.63) is 73.8 Å². The van der Waals surface area contributed by atoms with Gasteiger partial charge in [0, 0.05) is 4.88 Å². The predicted molar refractivity (Wildman–Crippen MR) is 144 cm³/mol. The number of halogens is 4. The van der Waals surface area contributed by atoms with Crippen LogP contribution in [0.4, 0.5) is 18.9 Å². The number of methoxy groups -OCH3 is 1. The minimum Gasteiger partial charge on any atom is -0.497 e. The molecule has 1 N–H and O–H groups in total. The highest BCUT2D eigenvalue weighted by Gasteiger charge is 2.31. The number of nitrogens with one attached hydrogen (secondary N) is 1. The zero-order valence-corrected chi connectivity index (χ0v) is 22.4. The number of aromatic nitrogens is 2. The van der Waals surface area contributed by atoms with Crippen LogP contribution in [0, 0.1) is 0 Å². The van der Waals surface area contributed by atoms with Gasteiger partial charge in [-0.15, -0.1) is 11.3 Å². The van der Waals surface area contributed by atoms with E-state index in [0.29, 0.717) is 26.8 Å². The van der Waals surface area contributed by atoms with E-state index in [4.69, 9.17) is 21.3 Å². The Morgan fingerprint density at radius 2 is 1.92 bits per heavy atom. The molecule has 0 atom stereocenters. The summed E-state index contributed by atoms with van der Waals surface area (Å²) >= 11 is 8.54. The number of thiophene rings is 1. The van der Waals surface area contributed by atoms with Crippen LogP contribution in [0.5, 0.6) is 5.75 Å². The van der Waals surface area contributed by atoms with E-state index >= 15 is 0 Å². The summed E-state index contributed by atoms with van der Waals surface area (Å²) in [5, 5.41) is 3.32. The first-order valence-electron chi connectivity index (χ1n) is 11.7. The van der Waals surface area contributed by atoms with E-state index in [1.165, 1.54) is 15.9 Å². The van der Waals surface area contributed by atoms with E-state index in [2.05, 4.69) is 5.32 Å². The molecule has 5 rings (SSSR count).